The van der Waals surface area contributed by atoms with E-state index >= 15 is 0 Å². The maximum Gasteiger partial charge on any atom is 0.270 e. The van der Waals surface area contributed by atoms with Crippen molar-refractivity contribution in [2.24, 2.45) is 0 Å². The Hall–Kier alpha value is -2.06. The Labute approximate surface area is 99.2 Å². The summed E-state index contributed by atoms with van der Waals surface area (Å²) in [6, 6.07) is 4.13. The van der Waals surface area contributed by atoms with Gasteiger partial charge in [0.15, 0.2) is 0 Å². The third-order valence-corrected chi connectivity index (χ3v) is 2.15. The van der Waals surface area contributed by atoms with Gasteiger partial charge in [0.05, 0.1) is 18.1 Å². The van der Waals surface area contributed by atoms with Crippen molar-refractivity contribution in [3.63, 3.8) is 0 Å². The zero-order chi connectivity index (χ0) is 12.7. The van der Waals surface area contributed by atoms with Gasteiger partial charge in [0, 0.05) is 24.1 Å². The van der Waals surface area contributed by atoms with Crippen LogP contribution in [0.4, 0.5) is 5.69 Å². The summed E-state index contributed by atoms with van der Waals surface area (Å²) in [6.45, 7) is 0.126. The number of aliphatic hydroxyl groups excluding tert-OH is 1. The first-order valence-electron chi connectivity index (χ1n) is 5.13. The molecule has 1 rings (SSSR count). The van der Waals surface area contributed by atoms with E-state index in [1.807, 2.05) is 0 Å². The third-order valence-electron chi connectivity index (χ3n) is 2.15. The van der Waals surface area contributed by atoms with Crippen molar-refractivity contribution in [2.45, 2.75) is 19.4 Å². The summed E-state index contributed by atoms with van der Waals surface area (Å²) in [7, 11) is 0. The lowest BCUT2D eigenvalue weighted by molar-refractivity contribution is -0.385. The van der Waals surface area contributed by atoms with Gasteiger partial charge in [-0.25, -0.2) is 0 Å². The molecule has 0 aliphatic rings. The van der Waals surface area contributed by atoms with Crippen LogP contribution >= 0.6 is 0 Å². The predicted molar refractivity (Wildman–Crippen MR) is 62.6 cm³/mol. The van der Waals surface area contributed by atoms with Crippen LogP contribution in [0.3, 0.4) is 0 Å². The topological polar surface area (TPSA) is 72.6 Å². The van der Waals surface area contributed by atoms with Crippen molar-refractivity contribution >= 4 is 5.69 Å². The van der Waals surface area contributed by atoms with Gasteiger partial charge >= 0.3 is 0 Å². The lowest BCUT2D eigenvalue weighted by Crippen LogP contribution is -2.01. The van der Waals surface area contributed by atoms with Gasteiger partial charge in [-0.3, -0.25) is 10.1 Å². The first-order chi connectivity index (χ1) is 8.19. The molecule has 90 valence electrons. The molecule has 0 heterocycles. The molecule has 5 nitrogen and oxygen atoms in total. The number of nitrogens with zero attached hydrogens (tertiary/aromatic N) is 1. The SMILES string of the molecule is C#CCCCOc1ccc([N+](=O)[O-])cc1CO. The third kappa shape index (κ3) is 3.78. The number of hydrogen-bond donors (Lipinski definition) is 1. The average Bonchev–Trinajstić information content (AvgIpc) is 2.34. The highest BCUT2D eigenvalue weighted by Gasteiger charge is 2.10. The Balaban J connectivity index is 2.72. The number of ether oxygens (including phenoxy) is 1. The molecule has 0 saturated carbocycles. The van der Waals surface area contributed by atoms with E-state index in [-0.39, 0.29) is 12.3 Å². The summed E-state index contributed by atoms with van der Waals surface area (Å²) in [5.74, 6) is 2.94. The molecule has 0 fully saturated rings. The molecular formula is C12H13NO4. The second kappa shape index (κ2) is 6.51. The Morgan fingerprint density at radius 1 is 1.53 bits per heavy atom. The highest BCUT2D eigenvalue weighted by Crippen LogP contribution is 2.24. The van der Waals surface area contributed by atoms with Crippen molar-refractivity contribution in [2.75, 3.05) is 6.61 Å². The predicted octanol–water partition coefficient (Wildman–Crippen LogP) is 1.88. The molecule has 0 saturated heterocycles. The number of aliphatic hydroxyl groups is 1. The molecule has 1 aromatic carbocycles. The number of non-ortho nitro benzene ring substituents is 1. The fourth-order valence-corrected chi connectivity index (χ4v) is 1.30. The standard InChI is InChI=1S/C12H13NO4/c1-2-3-4-7-17-12-6-5-11(13(15)16)8-10(12)9-14/h1,5-6,8,14H,3-4,7,9H2. The lowest BCUT2D eigenvalue weighted by atomic mass is 10.2. The summed E-state index contributed by atoms with van der Waals surface area (Å²) in [6.07, 6.45) is 6.42. The molecule has 0 atom stereocenters. The first-order valence-corrected chi connectivity index (χ1v) is 5.13. The molecule has 0 bridgehead atoms. The number of hydrogen-bond acceptors (Lipinski definition) is 4. The minimum atomic E-state index is -0.513. The highest BCUT2D eigenvalue weighted by atomic mass is 16.6. The molecule has 0 aromatic heterocycles. The molecule has 0 radical (unpaired) electrons. The quantitative estimate of drug-likeness (QED) is 0.353. The van der Waals surface area contributed by atoms with Crippen molar-refractivity contribution in [1.82, 2.24) is 0 Å². The van der Waals surface area contributed by atoms with Gasteiger partial charge in [-0.05, 0) is 12.5 Å². The maximum absolute atomic E-state index is 10.5. The van der Waals surface area contributed by atoms with E-state index in [1.54, 1.807) is 0 Å². The Morgan fingerprint density at radius 3 is 2.88 bits per heavy atom. The summed E-state index contributed by atoms with van der Waals surface area (Å²) in [5, 5.41) is 19.6. The molecule has 0 amide bonds. The summed E-state index contributed by atoms with van der Waals surface area (Å²) in [5.41, 5.74) is 0.338. The lowest BCUT2D eigenvalue weighted by Gasteiger charge is -2.09. The number of nitro groups is 1. The van der Waals surface area contributed by atoms with E-state index in [0.29, 0.717) is 30.8 Å². The zero-order valence-corrected chi connectivity index (χ0v) is 9.26. The monoisotopic (exact) mass is 235 g/mol. The van der Waals surface area contributed by atoms with Crippen LogP contribution in [0.5, 0.6) is 5.75 Å². The molecule has 0 spiro atoms. The van der Waals surface area contributed by atoms with Crippen LogP contribution in [0.15, 0.2) is 18.2 Å². The van der Waals surface area contributed by atoms with Crippen molar-refractivity contribution in [3.8, 4) is 18.1 Å². The average molecular weight is 235 g/mol. The van der Waals surface area contributed by atoms with Gasteiger partial charge in [-0.2, -0.15) is 0 Å². The van der Waals surface area contributed by atoms with Crippen LogP contribution in [-0.2, 0) is 6.61 Å². The second-order valence-electron chi connectivity index (χ2n) is 3.36. The second-order valence-corrected chi connectivity index (χ2v) is 3.36. The summed E-state index contributed by atoms with van der Waals surface area (Å²) >= 11 is 0. The van der Waals surface area contributed by atoms with E-state index in [2.05, 4.69) is 5.92 Å². The van der Waals surface area contributed by atoms with E-state index in [1.165, 1.54) is 18.2 Å². The van der Waals surface area contributed by atoms with E-state index in [0.717, 1.165) is 0 Å². The van der Waals surface area contributed by atoms with Gasteiger partial charge in [-0.15, -0.1) is 12.3 Å². The number of rotatable bonds is 6. The van der Waals surface area contributed by atoms with Crippen molar-refractivity contribution in [1.29, 1.82) is 0 Å². The Morgan fingerprint density at radius 2 is 2.29 bits per heavy atom. The molecular weight excluding hydrogens is 222 g/mol. The molecule has 1 aromatic rings. The molecule has 0 unspecified atom stereocenters. The summed E-state index contributed by atoms with van der Waals surface area (Å²) < 4.78 is 5.39. The van der Waals surface area contributed by atoms with Gasteiger partial charge in [0.1, 0.15) is 5.75 Å². The van der Waals surface area contributed by atoms with Crippen LogP contribution in [0.1, 0.15) is 18.4 Å². The van der Waals surface area contributed by atoms with Crippen LogP contribution in [0, 0.1) is 22.5 Å². The fraction of sp³-hybridized carbons (Fsp3) is 0.333. The van der Waals surface area contributed by atoms with E-state index in [9.17, 15) is 10.1 Å². The first kappa shape index (κ1) is 13.0. The number of unbranched alkanes of at least 4 members (excludes halogenated alkanes) is 1. The van der Waals surface area contributed by atoms with E-state index < -0.39 is 4.92 Å². The van der Waals surface area contributed by atoms with Crippen LogP contribution < -0.4 is 4.74 Å². The largest absolute Gasteiger partial charge is 0.493 e. The Bertz CT molecular complexity index is 437. The van der Waals surface area contributed by atoms with Crippen LogP contribution in [0.2, 0.25) is 0 Å². The van der Waals surface area contributed by atoms with Crippen LogP contribution in [-0.4, -0.2) is 16.6 Å². The molecule has 1 N–H and O–H groups in total. The number of benzene rings is 1. The van der Waals surface area contributed by atoms with Gasteiger partial charge < -0.3 is 9.84 Å². The molecule has 0 aliphatic carbocycles. The van der Waals surface area contributed by atoms with Crippen LogP contribution in [0.25, 0.3) is 0 Å². The molecule has 17 heavy (non-hydrogen) atoms. The maximum atomic E-state index is 10.5. The Kier molecular flexibility index (Phi) is 4.98. The minimum Gasteiger partial charge on any atom is -0.493 e. The minimum absolute atomic E-state index is 0.0648. The van der Waals surface area contributed by atoms with E-state index in [4.69, 9.17) is 16.3 Å². The van der Waals surface area contributed by atoms with Gasteiger partial charge in [0.25, 0.3) is 5.69 Å². The fourth-order valence-electron chi connectivity index (χ4n) is 1.30. The van der Waals surface area contributed by atoms with Crippen molar-refractivity contribution in [3.05, 3.63) is 33.9 Å². The highest BCUT2D eigenvalue weighted by molar-refractivity contribution is 5.43. The van der Waals surface area contributed by atoms with Gasteiger partial charge in [-0.1, -0.05) is 0 Å². The smallest absolute Gasteiger partial charge is 0.270 e. The van der Waals surface area contributed by atoms with Crippen molar-refractivity contribution < 1.29 is 14.8 Å². The normalized spacial score (nSPS) is 9.65. The summed E-state index contributed by atoms with van der Waals surface area (Å²) in [4.78, 5) is 10.0. The number of terminal acetylenes is 1. The van der Waals surface area contributed by atoms with Gasteiger partial charge in [0.2, 0.25) is 0 Å². The molecule has 5 heteroatoms. The molecule has 0 aliphatic heterocycles. The number of nitro benzene ring substituents is 1. The zero-order valence-electron chi connectivity index (χ0n) is 9.26.